The number of benzene rings is 2. The minimum atomic E-state index is -1.02. The number of rotatable bonds is 4. The number of carbonyl (C=O) groups excluding carboxylic acids is 1. The van der Waals surface area contributed by atoms with E-state index < -0.39 is 17.7 Å². The van der Waals surface area contributed by atoms with Crippen LogP contribution in [0.3, 0.4) is 0 Å². The summed E-state index contributed by atoms with van der Waals surface area (Å²) in [5, 5.41) is 11.4. The van der Waals surface area contributed by atoms with Crippen molar-refractivity contribution >= 4 is 17.6 Å². The van der Waals surface area contributed by atoms with Gasteiger partial charge in [0.05, 0.1) is 11.1 Å². The van der Waals surface area contributed by atoms with E-state index in [1.807, 2.05) is 0 Å². The lowest BCUT2D eigenvalue weighted by atomic mass is 10.1. The Labute approximate surface area is 120 Å². The number of carboxylic acid groups (broad SMARTS) is 1. The van der Waals surface area contributed by atoms with Gasteiger partial charge in [-0.1, -0.05) is 12.1 Å². The summed E-state index contributed by atoms with van der Waals surface area (Å²) < 4.78 is 13.1. The van der Waals surface area contributed by atoms with E-state index in [4.69, 9.17) is 10.8 Å². The summed E-state index contributed by atoms with van der Waals surface area (Å²) in [7, 11) is 0. The second-order valence-corrected chi connectivity index (χ2v) is 4.42. The Bertz CT molecular complexity index is 684. The van der Waals surface area contributed by atoms with Crippen LogP contribution in [-0.2, 0) is 6.54 Å². The van der Waals surface area contributed by atoms with Crippen LogP contribution >= 0.6 is 0 Å². The van der Waals surface area contributed by atoms with Gasteiger partial charge in [0.15, 0.2) is 0 Å². The van der Waals surface area contributed by atoms with Crippen molar-refractivity contribution in [1.82, 2.24) is 5.32 Å². The van der Waals surface area contributed by atoms with Crippen molar-refractivity contribution in [2.45, 2.75) is 6.54 Å². The summed E-state index contributed by atoms with van der Waals surface area (Å²) in [5.74, 6) is -2.05. The van der Waals surface area contributed by atoms with Crippen molar-refractivity contribution in [3.8, 4) is 0 Å². The van der Waals surface area contributed by atoms with Crippen LogP contribution in [0.4, 0.5) is 10.1 Å². The Morgan fingerprint density at radius 1 is 1.14 bits per heavy atom. The second-order valence-electron chi connectivity index (χ2n) is 4.42. The lowest BCUT2D eigenvalue weighted by Crippen LogP contribution is -2.24. The summed E-state index contributed by atoms with van der Waals surface area (Å²) in [6, 6.07) is 9.65. The molecule has 0 unspecified atom stereocenters. The fourth-order valence-electron chi connectivity index (χ4n) is 1.77. The zero-order chi connectivity index (χ0) is 15.4. The van der Waals surface area contributed by atoms with Gasteiger partial charge in [-0.2, -0.15) is 0 Å². The standard InChI is InChI=1S/C15H13FN2O3/c16-11-5-6-13(17)12(7-11)14(19)18-8-9-1-3-10(4-2-9)15(20)21/h1-7H,8,17H2,(H,18,19)(H,20,21). The number of anilines is 1. The maximum absolute atomic E-state index is 13.1. The molecule has 0 aliphatic carbocycles. The zero-order valence-corrected chi connectivity index (χ0v) is 11.0. The third-order valence-corrected chi connectivity index (χ3v) is 2.91. The average Bonchev–Trinajstić information content (AvgIpc) is 2.47. The Hall–Kier alpha value is -2.89. The highest BCUT2D eigenvalue weighted by atomic mass is 19.1. The van der Waals surface area contributed by atoms with Crippen molar-refractivity contribution in [1.29, 1.82) is 0 Å². The summed E-state index contributed by atoms with van der Waals surface area (Å²) in [6.45, 7) is 0.189. The van der Waals surface area contributed by atoms with Crippen LogP contribution in [0.2, 0.25) is 0 Å². The fourth-order valence-corrected chi connectivity index (χ4v) is 1.77. The van der Waals surface area contributed by atoms with Gasteiger partial charge in [-0.25, -0.2) is 9.18 Å². The molecule has 21 heavy (non-hydrogen) atoms. The van der Waals surface area contributed by atoms with Crippen LogP contribution < -0.4 is 11.1 Å². The van der Waals surface area contributed by atoms with E-state index >= 15 is 0 Å². The smallest absolute Gasteiger partial charge is 0.335 e. The predicted octanol–water partition coefficient (Wildman–Crippen LogP) is 2.04. The Morgan fingerprint density at radius 2 is 1.81 bits per heavy atom. The molecule has 0 aliphatic rings. The number of hydrogen-bond donors (Lipinski definition) is 3. The highest BCUT2D eigenvalue weighted by Crippen LogP contribution is 2.13. The third-order valence-electron chi connectivity index (χ3n) is 2.91. The van der Waals surface area contributed by atoms with Crippen molar-refractivity contribution in [3.63, 3.8) is 0 Å². The summed E-state index contributed by atoms with van der Waals surface area (Å²) in [4.78, 5) is 22.6. The topological polar surface area (TPSA) is 92.4 Å². The molecular formula is C15H13FN2O3. The summed E-state index contributed by atoms with van der Waals surface area (Å²) in [6.07, 6.45) is 0. The summed E-state index contributed by atoms with van der Waals surface area (Å²) in [5.41, 5.74) is 6.77. The Kier molecular flexibility index (Phi) is 4.18. The number of carbonyl (C=O) groups is 2. The fraction of sp³-hybridized carbons (Fsp3) is 0.0667. The van der Waals surface area contributed by atoms with Crippen molar-refractivity contribution in [2.24, 2.45) is 0 Å². The molecule has 108 valence electrons. The molecule has 0 saturated carbocycles. The number of aromatic carboxylic acids is 1. The van der Waals surface area contributed by atoms with E-state index in [0.717, 1.165) is 11.6 Å². The molecule has 0 heterocycles. The number of nitrogens with one attached hydrogen (secondary N) is 1. The molecule has 5 nitrogen and oxygen atoms in total. The van der Waals surface area contributed by atoms with Gasteiger partial charge in [-0.05, 0) is 35.9 Å². The highest BCUT2D eigenvalue weighted by Gasteiger charge is 2.10. The van der Waals surface area contributed by atoms with Gasteiger partial charge in [-0.3, -0.25) is 4.79 Å². The third kappa shape index (κ3) is 3.56. The van der Waals surface area contributed by atoms with Crippen molar-refractivity contribution in [3.05, 3.63) is 65.0 Å². The van der Waals surface area contributed by atoms with Crippen LogP contribution in [0.15, 0.2) is 42.5 Å². The molecule has 0 atom stereocenters. The van der Waals surface area contributed by atoms with Gasteiger partial charge < -0.3 is 16.2 Å². The van der Waals surface area contributed by atoms with Crippen molar-refractivity contribution in [2.75, 3.05) is 5.73 Å². The van der Waals surface area contributed by atoms with Crippen molar-refractivity contribution < 1.29 is 19.1 Å². The number of nitrogens with two attached hydrogens (primary N) is 1. The van der Waals surface area contributed by atoms with Crippen LogP contribution in [0.25, 0.3) is 0 Å². The molecular weight excluding hydrogens is 275 g/mol. The minimum absolute atomic E-state index is 0.0668. The lowest BCUT2D eigenvalue weighted by Gasteiger charge is -2.08. The number of amides is 1. The molecule has 0 radical (unpaired) electrons. The molecule has 0 bridgehead atoms. The molecule has 2 aromatic carbocycles. The normalized spacial score (nSPS) is 10.1. The highest BCUT2D eigenvalue weighted by molar-refractivity contribution is 5.99. The molecule has 0 fully saturated rings. The SMILES string of the molecule is Nc1ccc(F)cc1C(=O)NCc1ccc(C(=O)O)cc1. The number of nitrogen functional groups attached to an aromatic ring is 1. The second kappa shape index (κ2) is 6.04. The number of halogens is 1. The minimum Gasteiger partial charge on any atom is -0.478 e. The molecule has 6 heteroatoms. The maximum Gasteiger partial charge on any atom is 0.335 e. The first-order chi connectivity index (χ1) is 9.97. The molecule has 2 aromatic rings. The van der Waals surface area contributed by atoms with E-state index in [-0.39, 0.29) is 23.4 Å². The molecule has 0 aromatic heterocycles. The molecule has 1 amide bonds. The first-order valence-electron chi connectivity index (χ1n) is 6.13. The van der Waals surface area contributed by atoms with Gasteiger partial charge in [0.25, 0.3) is 5.91 Å². The first kappa shape index (κ1) is 14.5. The molecule has 4 N–H and O–H groups in total. The van der Waals surface area contributed by atoms with Gasteiger partial charge in [0.1, 0.15) is 5.82 Å². The molecule has 0 aliphatic heterocycles. The van der Waals surface area contributed by atoms with Crippen LogP contribution in [0.1, 0.15) is 26.3 Å². The molecule has 2 rings (SSSR count). The lowest BCUT2D eigenvalue weighted by molar-refractivity contribution is 0.0696. The average molecular weight is 288 g/mol. The van der Waals surface area contributed by atoms with Crippen LogP contribution in [-0.4, -0.2) is 17.0 Å². The largest absolute Gasteiger partial charge is 0.478 e. The van der Waals surface area contributed by atoms with E-state index in [0.29, 0.717) is 0 Å². The first-order valence-corrected chi connectivity index (χ1v) is 6.13. The molecule has 0 saturated heterocycles. The number of carboxylic acids is 1. The van der Waals surface area contributed by atoms with E-state index in [1.54, 1.807) is 12.1 Å². The van der Waals surface area contributed by atoms with Gasteiger partial charge in [0, 0.05) is 12.2 Å². The maximum atomic E-state index is 13.1. The van der Waals surface area contributed by atoms with Crippen LogP contribution in [0, 0.1) is 5.82 Å². The zero-order valence-electron chi connectivity index (χ0n) is 11.0. The monoisotopic (exact) mass is 288 g/mol. The summed E-state index contributed by atoms with van der Waals surface area (Å²) >= 11 is 0. The van der Waals surface area contributed by atoms with Gasteiger partial charge in [0.2, 0.25) is 0 Å². The molecule has 0 spiro atoms. The van der Waals surface area contributed by atoms with Crippen LogP contribution in [0.5, 0.6) is 0 Å². The quantitative estimate of drug-likeness (QED) is 0.751. The van der Waals surface area contributed by atoms with E-state index in [9.17, 15) is 14.0 Å². The van der Waals surface area contributed by atoms with E-state index in [2.05, 4.69) is 5.32 Å². The number of hydrogen-bond acceptors (Lipinski definition) is 3. The Morgan fingerprint density at radius 3 is 2.43 bits per heavy atom. The van der Waals surface area contributed by atoms with Gasteiger partial charge in [-0.15, -0.1) is 0 Å². The van der Waals surface area contributed by atoms with Gasteiger partial charge >= 0.3 is 5.97 Å². The predicted molar refractivity (Wildman–Crippen MR) is 75.4 cm³/mol. The Balaban J connectivity index is 2.04. The van der Waals surface area contributed by atoms with E-state index in [1.165, 1.54) is 24.3 Å².